The first-order chi connectivity index (χ1) is 8.12. The minimum absolute atomic E-state index is 0.141. The van der Waals surface area contributed by atoms with Gasteiger partial charge in [-0.2, -0.15) is 0 Å². The third-order valence-electron chi connectivity index (χ3n) is 1.88. The predicted octanol–water partition coefficient (Wildman–Crippen LogP) is 1.81. The molecule has 0 aliphatic heterocycles. The van der Waals surface area contributed by atoms with Crippen molar-refractivity contribution in [3.05, 3.63) is 11.3 Å². The summed E-state index contributed by atoms with van der Waals surface area (Å²) in [6, 6.07) is 0. The number of hydrogen-bond donors (Lipinski definition) is 0. The molecule has 0 spiro atoms. The Labute approximate surface area is 102 Å². The molecule has 0 rings (SSSR count). The molecule has 0 fully saturated rings. The first-order valence-corrected chi connectivity index (χ1v) is 5.82. The van der Waals surface area contributed by atoms with Crippen LogP contribution in [0.1, 0.15) is 34.1 Å². The SMILES string of the molecule is CCOC(=O)C(C(=O)OCC)=C(CC)OCC. The second-order valence-corrected chi connectivity index (χ2v) is 3.03. The highest BCUT2D eigenvalue weighted by molar-refractivity contribution is 6.14. The van der Waals surface area contributed by atoms with Crippen molar-refractivity contribution >= 4 is 11.9 Å². The van der Waals surface area contributed by atoms with Gasteiger partial charge in [-0.1, -0.05) is 6.92 Å². The van der Waals surface area contributed by atoms with Crippen molar-refractivity contribution in [1.29, 1.82) is 0 Å². The predicted molar refractivity (Wildman–Crippen MR) is 62.2 cm³/mol. The molecule has 0 atom stereocenters. The quantitative estimate of drug-likeness (QED) is 0.225. The van der Waals surface area contributed by atoms with Crippen LogP contribution in [0.3, 0.4) is 0 Å². The number of hydrogen-bond acceptors (Lipinski definition) is 5. The van der Waals surface area contributed by atoms with E-state index in [0.717, 1.165) is 0 Å². The Morgan fingerprint density at radius 3 is 1.47 bits per heavy atom. The fourth-order valence-electron chi connectivity index (χ4n) is 1.24. The Bertz CT molecular complexity index is 273. The van der Waals surface area contributed by atoms with Gasteiger partial charge in [0.15, 0.2) is 5.57 Å². The molecular weight excluding hydrogens is 224 g/mol. The summed E-state index contributed by atoms with van der Waals surface area (Å²) in [4.78, 5) is 23.3. The van der Waals surface area contributed by atoms with Gasteiger partial charge in [-0.3, -0.25) is 0 Å². The van der Waals surface area contributed by atoms with Crippen LogP contribution in [-0.4, -0.2) is 31.8 Å². The van der Waals surface area contributed by atoms with Crippen LogP contribution in [0, 0.1) is 0 Å². The lowest BCUT2D eigenvalue weighted by atomic mass is 10.2. The van der Waals surface area contributed by atoms with Crippen LogP contribution in [0.2, 0.25) is 0 Å². The maximum atomic E-state index is 11.7. The summed E-state index contributed by atoms with van der Waals surface area (Å²) in [5.74, 6) is -1.09. The van der Waals surface area contributed by atoms with Crippen molar-refractivity contribution < 1.29 is 23.8 Å². The largest absolute Gasteiger partial charge is 0.497 e. The second-order valence-electron chi connectivity index (χ2n) is 3.03. The standard InChI is InChI=1S/C12H20O5/c1-5-9(15-6-2)10(11(13)16-7-3)12(14)17-8-4/h5-8H2,1-4H3. The molecular formula is C12H20O5. The smallest absolute Gasteiger partial charge is 0.349 e. The molecule has 5 heteroatoms. The lowest BCUT2D eigenvalue weighted by molar-refractivity contribution is -0.147. The Morgan fingerprint density at radius 1 is 0.765 bits per heavy atom. The highest BCUT2D eigenvalue weighted by Gasteiger charge is 2.26. The molecule has 0 heterocycles. The third kappa shape index (κ3) is 4.89. The maximum absolute atomic E-state index is 11.7. The van der Waals surface area contributed by atoms with Gasteiger partial charge in [0.05, 0.1) is 19.8 Å². The number of rotatable bonds is 7. The van der Waals surface area contributed by atoms with E-state index in [2.05, 4.69) is 0 Å². The molecule has 98 valence electrons. The second kappa shape index (κ2) is 8.61. The molecule has 0 aromatic rings. The molecule has 0 saturated carbocycles. The normalized spacial score (nSPS) is 9.41. The molecule has 5 nitrogen and oxygen atoms in total. The number of carbonyl (C=O) groups excluding carboxylic acids is 2. The van der Waals surface area contributed by atoms with E-state index in [0.29, 0.717) is 18.8 Å². The van der Waals surface area contributed by atoms with Crippen molar-refractivity contribution in [2.45, 2.75) is 34.1 Å². The topological polar surface area (TPSA) is 61.8 Å². The number of allylic oxidation sites excluding steroid dienone is 1. The first-order valence-electron chi connectivity index (χ1n) is 5.82. The number of esters is 2. The molecule has 0 aliphatic rings. The van der Waals surface area contributed by atoms with Gasteiger partial charge >= 0.3 is 11.9 Å². The van der Waals surface area contributed by atoms with Crippen molar-refractivity contribution in [2.24, 2.45) is 0 Å². The zero-order valence-electron chi connectivity index (χ0n) is 10.9. The molecule has 0 N–H and O–H groups in total. The highest BCUT2D eigenvalue weighted by atomic mass is 16.6. The van der Waals surface area contributed by atoms with E-state index >= 15 is 0 Å². The van der Waals surface area contributed by atoms with Gasteiger partial charge in [-0.25, -0.2) is 9.59 Å². The molecule has 0 radical (unpaired) electrons. The van der Waals surface area contributed by atoms with E-state index in [-0.39, 0.29) is 18.8 Å². The van der Waals surface area contributed by atoms with Crippen LogP contribution in [0.15, 0.2) is 11.3 Å². The minimum Gasteiger partial charge on any atom is -0.497 e. The molecule has 0 amide bonds. The average molecular weight is 244 g/mol. The van der Waals surface area contributed by atoms with Gasteiger partial charge in [-0.05, 0) is 20.8 Å². The van der Waals surface area contributed by atoms with E-state index in [9.17, 15) is 9.59 Å². The van der Waals surface area contributed by atoms with Gasteiger partial charge in [0.1, 0.15) is 5.76 Å². The molecule has 0 unspecified atom stereocenters. The molecule has 17 heavy (non-hydrogen) atoms. The van der Waals surface area contributed by atoms with E-state index in [4.69, 9.17) is 14.2 Å². The van der Waals surface area contributed by atoms with Crippen LogP contribution in [0.4, 0.5) is 0 Å². The summed E-state index contributed by atoms with van der Waals surface area (Å²) in [5.41, 5.74) is -0.141. The van der Waals surface area contributed by atoms with Crippen molar-refractivity contribution in [2.75, 3.05) is 19.8 Å². The maximum Gasteiger partial charge on any atom is 0.349 e. The van der Waals surface area contributed by atoms with Gasteiger partial charge in [0, 0.05) is 6.42 Å². The summed E-state index contributed by atoms with van der Waals surface area (Å²) in [7, 11) is 0. The third-order valence-corrected chi connectivity index (χ3v) is 1.88. The average Bonchev–Trinajstić information content (AvgIpc) is 2.29. The zero-order chi connectivity index (χ0) is 13.3. The Hall–Kier alpha value is -1.52. The monoisotopic (exact) mass is 244 g/mol. The number of carbonyl (C=O) groups is 2. The summed E-state index contributed by atoms with van der Waals surface area (Å²) in [6.07, 6.45) is 0.431. The molecule has 0 aliphatic carbocycles. The van der Waals surface area contributed by atoms with Gasteiger partial charge in [0.25, 0.3) is 0 Å². The molecule has 0 aromatic heterocycles. The Morgan fingerprint density at radius 2 is 1.18 bits per heavy atom. The lowest BCUT2D eigenvalue weighted by Crippen LogP contribution is -2.21. The number of ether oxygens (including phenoxy) is 3. The van der Waals surface area contributed by atoms with Crippen molar-refractivity contribution in [3.8, 4) is 0 Å². The van der Waals surface area contributed by atoms with Gasteiger partial charge < -0.3 is 14.2 Å². The summed E-state index contributed by atoms with van der Waals surface area (Å²) in [6.45, 7) is 7.70. The van der Waals surface area contributed by atoms with Gasteiger partial charge in [-0.15, -0.1) is 0 Å². The fraction of sp³-hybridized carbons (Fsp3) is 0.667. The fourth-order valence-corrected chi connectivity index (χ4v) is 1.24. The van der Waals surface area contributed by atoms with Crippen LogP contribution in [0.5, 0.6) is 0 Å². The van der Waals surface area contributed by atoms with E-state index in [1.54, 1.807) is 27.7 Å². The van der Waals surface area contributed by atoms with E-state index in [1.807, 2.05) is 0 Å². The van der Waals surface area contributed by atoms with Crippen molar-refractivity contribution in [1.82, 2.24) is 0 Å². The van der Waals surface area contributed by atoms with Crippen LogP contribution < -0.4 is 0 Å². The van der Waals surface area contributed by atoms with Gasteiger partial charge in [0.2, 0.25) is 0 Å². The Kier molecular flexibility index (Phi) is 7.84. The summed E-state index contributed by atoms with van der Waals surface area (Å²) >= 11 is 0. The lowest BCUT2D eigenvalue weighted by Gasteiger charge is -2.12. The highest BCUT2D eigenvalue weighted by Crippen LogP contribution is 2.14. The van der Waals surface area contributed by atoms with E-state index < -0.39 is 11.9 Å². The van der Waals surface area contributed by atoms with Crippen LogP contribution >= 0.6 is 0 Å². The summed E-state index contributed by atoms with van der Waals surface area (Å²) < 4.78 is 14.9. The first kappa shape index (κ1) is 15.5. The van der Waals surface area contributed by atoms with Crippen LogP contribution in [0.25, 0.3) is 0 Å². The molecule has 0 saturated heterocycles. The molecule has 0 aromatic carbocycles. The molecule has 0 bridgehead atoms. The summed E-state index contributed by atoms with van der Waals surface area (Å²) in [5, 5.41) is 0. The van der Waals surface area contributed by atoms with Crippen LogP contribution in [-0.2, 0) is 23.8 Å². The van der Waals surface area contributed by atoms with Crippen molar-refractivity contribution in [3.63, 3.8) is 0 Å². The minimum atomic E-state index is -0.698. The Balaban J connectivity index is 5.18. The zero-order valence-corrected chi connectivity index (χ0v) is 10.9. The van der Waals surface area contributed by atoms with E-state index in [1.165, 1.54) is 0 Å².